The molecule has 1 aliphatic heterocycles. The first-order chi connectivity index (χ1) is 10.8. The van der Waals surface area contributed by atoms with E-state index in [1.165, 1.54) is 16.7 Å². The normalized spacial score (nSPS) is 14.6. The second-order valence-corrected chi connectivity index (χ2v) is 5.65. The van der Waals surface area contributed by atoms with Crippen LogP contribution in [0.1, 0.15) is 34.8 Å². The van der Waals surface area contributed by atoms with Gasteiger partial charge in [-0.1, -0.05) is 55.5 Å². The van der Waals surface area contributed by atoms with Gasteiger partial charge in [-0.2, -0.15) is 0 Å². The first kappa shape index (κ1) is 14.6. The Morgan fingerprint density at radius 2 is 1.77 bits per heavy atom. The summed E-state index contributed by atoms with van der Waals surface area (Å²) in [7, 11) is 0. The predicted octanol–water partition coefficient (Wildman–Crippen LogP) is 4.18. The van der Waals surface area contributed by atoms with Gasteiger partial charge >= 0.3 is 0 Å². The molecular weight excluding hydrogens is 270 g/mol. The zero-order chi connectivity index (χ0) is 15.4. The molecule has 1 aliphatic rings. The highest BCUT2D eigenvalue weighted by Crippen LogP contribution is 2.23. The molecule has 0 saturated heterocycles. The Labute approximate surface area is 132 Å². The van der Waals surface area contributed by atoms with Crippen molar-refractivity contribution in [2.24, 2.45) is 0 Å². The number of rotatable bonds is 3. The maximum Gasteiger partial charge on any atom is 0.254 e. The van der Waals surface area contributed by atoms with Crippen molar-refractivity contribution in [3.63, 3.8) is 0 Å². The van der Waals surface area contributed by atoms with Crippen LogP contribution >= 0.6 is 0 Å². The zero-order valence-electron chi connectivity index (χ0n) is 13.0. The minimum Gasteiger partial charge on any atom is -0.335 e. The van der Waals surface area contributed by atoms with Gasteiger partial charge in [0, 0.05) is 18.7 Å². The number of hydrogen-bond acceptors (Lipinski definition) is 1. The van der Waals surface area contributed by atoms with E-state index in [1.807, 2.05) is 35.2 Å². The Balaban J connectivity index is 1.70. The highest BCUT2D eigenvalue weighted by atomic mass is 16.2. The van der Waals surface area contributed by atoms with Crippen molar-refractivity contribution >= 4 is 11.5 Å². The molecule has 0 atom stereocenters. The smallest absolute Gasteiger partial charge is 0.254 e. The van der Waals surface area contributed by atoms with Crippen molar-refractivity contribution in [1.29, 1.82) is 0 Å². The van der Waals surface area contributed by atoms with E-state index in [2.05, 4.69) is 37.3 Å². The maximum absolute atomic E-state index is 12.5. The summed E-state index contributed by atoms with van der Waals surface area (Å²) in [5, 5.41) is 0. The molecule has 0 spiro atoms. The van der Waals surface area contributed by atoms with Crippen LogP contribution in [0.25, 0.3) is 5.57 Å². The first-order valence-corrected chi connectivity index (χ1v) is 7.90. The van der Waals surface area contributed by atoms with E-state index in [0.717, 1.165) is 24.9 Å². The fourth-order valence-electron chi connectivity index (χ4n) is 2.83. The summed E-state index contributed by atoms with van der Waals surface area (Å²) in [4.78, 5) is 14.5. The molecule has 0 bridgehead atoms. The van der Waals surface area contributed by atoms with Gasteiger partial charge < -0.3 is 4.90 Å². The molecule has 0 aromatic heterocycles. The standard InChI is InChI=1S/C20H21NO/c1-2-16-8-10-19(11-9-16)20(22)21-14-12-18(13-15-21)17-6-4-3-5-7-17/h3-12H,2,13-15H2,1H3. The molecule has 0 fully saturated rings. The molecular formula is C20H21NO. The molecule has 2 nitrogen and oxygen atoms in total. The van der Waals surface area contributed by atoms with Gasteiger partial charge in [-0.05, 0) is 41.7 Å². The summed E-state index contributed by atoms with van der Waals surface area (Å²) in [6.07, 6.45) is 4.10. The van der Waals surface area contributed by atoms with Crippen LogP contribution in [0.2, 0.25) is 0 Å². The van der Waals surface area contributed by atoms with Crippen molar-refractivity contribution in [3.8, 4) is 0 Å². The van der Waals surface area contributed by atoms with Crippen LogP contribution in [-0.4, -0.2) is 23.9 Å². The number of carbonyl (C=O) groups is 1. The molecule has 0 saturated carbocycles. The lowest BCUT2D eigenvalue weighted by Crippen LogP contribution is -2.34. The van der Waals surface area contributed by atoms with Gasteiger partial charge in [0.25, 0.3) is 5.91 Å². The van der Waals surface area contributed by atoms with Crippen LogP contribution in [-0.2, 0) is 6.42 Å². The summed E-state index contributed by atoms with van der Waals surface area (Å²) in [5.74, 6) is 0.131. The van der Waals surface area contributed by atoms with E-state index in [9.17, 15) is 4.79 Å². The number of benzene rings is 2. The highest BCUT2D eigenvalue weighted by molar-refractivity contribution is 5.94. The molecule has 0 unspecified atom stereocenters. The predicted molar refractivity (Wildman–Crippen MR) is 90.8 cm³/mol. The number of amides is 1. The van der Waals surface area contributed by atoms with Gasteiger partial charge in [0.15, 0.2) is 0 Å². The minimum absolute atomic E-state index is 0.131. The third kappa shape index (κ3) is 3.11. The number of nitrogens with zero attached hydrogens (tertiary/aromatic N) is 1. The Hall–Kier alpha value is -2.35. The SMILES string of the molecule is CCc1ccc(C(=O)N2CC=C(c3ccccc3)CC2)cc1. The lowest BCUT2D eigenvalue weighted by molar-refractivity contribution is 0.0773. The van der Waals surface area contributed by atoms with Crippen LogP contribution in [0.4, 0.5) is 0 Å². The van der Waals surface area contributed by atoms with Crippen LogP contribution in [0.15, 0.2) is 60.7 Å². The maximum atomic E-state index is 12.5. The molecule has 22 heavy (non-hydrogen) atoms. The molecule has 1 amide bonds. The largest absolute Gasteiger partial charge is 0.335 e. The molecule has 0 radical (unpaired) electrons. The van der Waals surface area contributed by atoms with Gasteiger partial charge in [0.1, 0.15) is 0 Å². The molecule has 2 aromatic carbocycles. The first-order valence-electron chi connectivity index (χ1n) is 7.90. The third-order valence-electron chi connectivity index (χ3n) is 4.25. The Kier molecular flexibility index (Phi) is 4.38. The van der Waals surface area contributed by atoms with Gasteiger partial charge in [-0.3, -0.25) is 4.79 Å². The van der Waals surface area contributed by atoms with E-state index < -0.39 is 0 Å². The Morgan fingerprint density at radius 1 is 1.05 bits per heavy atom. The molecule has 0 N–H and O–H groups in total. The second kappa shape index (κ2) is 6.61. The molecule has 2 heteroatoms. The molecule has 112 valence electrons. The highest BCUT2D eigenvalue weighted by Gasteiger charge is 2.19. The number of carbonyl (C=O) groups excluding carboxylic acids is 1. The van der Waals surface area contributed by atoms with Crippen molar-refractivity contribution in [2.75, 3.05) is 13.1 Å². The summed E-state index contributed by atoms with van der Waals surface area (Å²) in [6, 6.07) is 18.4. The number of aryl methyl sites for hydroxylation is 1. The second-order valence-electron chi connectivity index (χ2n) is 5.65. The fraction of sp³-hybridized carbons (Fsp3) is 0.250. The fourth-order valence-corrected chi connectivity index (χ4v) is 2.83. The van der Waals surface area contributed by atoms with Crippen molar-refractivity contribution < 1.29 is 4.79 Å². The van der Waals surface area contributed by atoms with Gasteiger partial charge in [0.2, 0.25) is 0 Å². The van der Waals surface area contributed by atoms with Gasteiger partial charge in [-0.25, -0.2) is 0 Å². The van der Waals surface area contributed by atoms with E-state index in [-0.39, 0.29) is 5.91 Å². The van der Waals surface area contributed by atoms with Crippen LogP contribution < -0.4 is 0 Å². The lowest BCUT2D eigenvalue weighted by Gasteiger charge is -2.27. The van der Waals surface area contributed by atoms with E-state index in [0.29, 0.717) is 6.54 Å². The lowest BCUT2D eigenvalue weighted by atomic mass is 9.99. The summed E-state index contributed by atoms with van der Waals surface area (Å²) >= 11 is 0. The van der Waals surface area contributed by atoms with Crippen molar-refractivity contribution in [1.82, 2.24) is 4.90 Å². The van der Waals surface area contributed by atoms with E-state index >= 15 is 0 Å². The van der Waals surface area contributed by atoms with E-state index in [4.69, 9.17) is 0 Å². The minimum atomic E-state index is 0.131. The van der Waals surface area contributed by atoms with Crippen LogP contribution in [0.5, 0.6) is 0 Å². The number of hydrogen-bond donors (Lipinski definition) is 0. The van der Waals surface area contributed by atoms with E-state index in [1.54, 1.807) is 0 Å². The van der Waals surface area contributed by atoms with Gasteiger partial charge in [0.05, 0.1) is 0 Å². The summed E-state index contributed by atoms with van der Waals surface area (Å²) in [5.41, 5.74) is 4.66. The Bertz CT molecular complexity index is 671. The molecule has 0 aliphatic carbocycles. The average Bonchev–Trinajstić information content (AvgIpc) is 2.62. The average molecular weight is 291 g/mol. The zero-order valence-corrected chi connectivity index (χ0v) is 13.0. The molecule has 1 heterocycles. The summed E-state index contributed by atoms with van der Waals surface area (Å²) in [6.45, 7) is 3.60. The van der Waals surface area contributed by atoms with Gasteiger partial charge in [-0.15, -0.1) is 0 Å². The van der Waals surface area contributed by atoms with Crippen molar-refractivity contribution in [2.45, 2.75) is 19.8 Å². The van der Waals surface area contributed by atoms with Crippen LogP contribution in [0, 0.1) is 0 Å². The summed E-state index contributed by atoms with van der Waals surface area (Å²) < 4.78 is 0. The topological polar surface area (TPSA) is 20.3 Å². The quantitative estimate of drug-likeness (QED) is 0.831. The monoisotopic (exact) mass is 291 g/mol. The molecule has 2 aromatic rings. The van der Waals surface area contributed by atoms with Crippen molar-refractivity contribution in [3.05, 3.63) is 77.4 Å². The third-order valence-corrected chi connectivity index (χ3v) is 4.25. The Morgan fingerprint density at radius 3 is 2.36 bits per heavy atom. The molecule has 3 rings (SSSR count). The van der Waals surface area contributed by atoms with Crippen LogP contribution in [0.3, 0.4) is 0 Å².